The van der Waals surface area contributed by atoms with Gasteiger partial charge in [-0.25, -0.2) is 0 Å². The smallest absolute Gasteiger partial charge is 0.320 e. The summed E-state index contributed by atoms with van der Waals surface area (Å²) < 4.78 is 26.8. The average Bonchev–Trinajstić information content (AvgIpc) is 2.62. The lowest BCUT2D eigenvalue weighted by Crippen LogP contribution is -2.61. The van der Waals surface area contributed by atoms with Crippen LogP contribution in [0.4, 0.5) is 0 Å². The van der Waals surface area contributed by atoms with E-state index in [0.29, 0.717) is 0 Å². The first-order valence-corrected chi connectivity index (χ1v) is 10.1. The summed E-state index contributed by atoms with van der Waals surface area (Å²) in [6.45, 7) is 4.55. The standard InChI is InChI=1S/C20H24O9S/c1-12(21)25-11-17-18(30-16-8-6-5-7-9-16)10-20(28-14(3)23,29-15(4)24)19(27-17)26-13(2)22/h5-9,17-19H,10-11H2,1-4H3. The van der Waals surface area contributed by atoms with E-state index in [-0.39, 0.29) is 13.0 Å². The highest BCUT2D eigenvalue weighted by Crippen LogP contribution is 2.42. The van der Waals surface area contributed by atoms with E-state index in [1.165, 1.54) is 18.7 Å². The molecule has 1 saturated heterocycles. The molecule has 2 rings (SSSR count). The Morgan fingerprint density at radius 2 is 1.57 bits per heavy atom. The van der Waals surface area contributed by atoms with E-state index in [1.807, 2.05) is 30.3 Å². The molecule has 3 unspecified atom stereocenters. The number of carbonyl (C=O) groups is 4. The van der Waals surface area contributed by atoms with Crippen molar-refractivity contribution in [1.29, 1.82) is 0 Å². The predicted molar refractivity (Wildman–Crippen MR) is 104 cm³/mol. The van der Waals surface area contributed by atoms with Crippen LogP contribution >= 0.6 is 11.8 Å². The molecule has 1 aliphatic heterocycles. The van der Waals surface area contributed by atoms with Crippen LogP contribution < -0.4 is 0 Å². The number of esters is 4. The molecule has 10 heteroatoms. The van der Waals surface area contributed by atoms with Crippen molar-refractivity contribution in [3.8, 4) is 0 Å². The van der Waals surface area contributed by atoms with Crippen LogP contribution in [-0.4, -0.2) is 53.9 Å². The molecule has 1 aliphatic rings. The molecule has 0 aromatic heterocycles. The number of ether oxygens (including phenoxy) is 5. The van der Waals surface area contributed by atoms with Crippen LogP contribution in [0, 0.1) is 0 Å². The lowest BCUT2D eigenvalue weighted by atomic mass is 10.0. The fourth-order valence-corrected chi connectivity index (χ4v) is 4.22. The molecule has 0 radical (unpaired) electrons. The molecule has 164 valence electrons. The van der Waals surface area contributed by atoms with Gasteiger partial charge < -0.3 is 23.7 Å². The lowest BCUT2D eigenvalue weighted by Gasteiger charge is -2.45. The van der Waals surface area contributed by atoms with Crippen molar-refractivity contribution in [2.24, 2.45) is 0 Å². The van der Waals surface area contributed by atoms with E-state index in [4.69, 9.17) is 23.7 Å². The van der Waals surface area contributed by atoms with Crippen molar-refractivity contribution in [1.82, 2.24) is 0 Å². The van der Waals surface area contributed by atoms with Crippen molar-refractivity contribution in [2.45, 2.75) is 62.4 Å². The summed E-state index contributed by atoms with van der Waals surface area (Å²) in [5.41, 5.74) is 0. The predicted octanol–water partition coefficient (Wildman–Crippen LogP) is 2.21. The summed E-state index contributed by atoms with van der Waals surface area (Å²) in [5.74, 6) is -4.73. The third-order valence-corrected chi connectivity index (χ3v) is 5.26. The van der Waals surface area contributed by atoms with Gasteiger partial charge in [0, 0.05) is 44.3 Å². The quantitative estimate of drug-likeness (QED) is 0.355. The fraction of sp³-hybridized carbons (Fsp3) is 0.500. The second kappa shape index (κ2) is 10.4. The molecule has 1 aromatic rings. The van der Waals surface area contributed by atoms with Crippen LogP contribution in [-0.2, 0) is 42.9 Å². The van der Waals surface area contributed by atoms with E-state index >= 15 is 0 Å². The number of hydrogen-bond acceptors (Lipinski definition) is 10. The highest BCUT2D eigenvalue weighted by atomic mass is 32.2. The largest absolute Gasteiger partial charge is 0.463 e. The Kier molecular flexibility index (Phi) is 8.24. The van der Waals surface area contributed by atoms with Gasteiger partial charge in [-0.3, -0.25) is 19.2 Å². The van der Waals surface area contributed by atoms with E-state index in [1.54, 1.807) is 0 Å². The van der Waals surface area contributed by atoms with Crippen LogP contribution in [0.25, 0.3) is 0 Å². The highest BCUT2D eigenvalue weighted by molar-refractivity contribution is 8.00. The Hall–Kier alpha value is -2.59. The third kappa shape index (κ3) is 6.74. The Bertz CT molecular complexity index is 764. The van der Waals surface area contributed by atoms with Gasteiger partial charge in [0.05, 0.1) is 0 Å². The van der Waals surface area contributed by atoms with Crippen molar-refractivity contribution < 1.29 is 42.9 Å². The van der Waals surface area contributed by atoms with Gasteiger partial charge in [-0.15, -0.1) is 11.8 Å². The number of rotatable bonds is 7. The zero-order valence-electron chi connectivity index (χ0n) is 17.1. The molecule has 1 heterocycles. The maximum atomic E-state index is 11.8. The zero-order valence-corrected chi connectivity index (χ0v) is 17.9. The first kappa shape index (κ1) is 23.7. The summed E-state index contributed by atoms with van der Waals surface area (Å²) in [4.78, 5) is 47.4. The highest BCUT2D eigenvalue weighted by Gasteiger charge is 2.57. The summed E-state index contributed by atoms with van der Waals surface area (Å²) in [6.07, 6.45) is -2.33. The lowest BCUT2D eigenvalue weighted by molar-refractivity contribution is -0.348. The van der Waals surface area contributed by atoms with Crippen LogP contribution in [0.15, 0.2) is 35.2 Å². The molecule has 0 saturated carbocycles. The molecular formula is C20H24O9S. The summed E-state index contributed by atoms with van der Waals surface area (Å²) in [5, 5.41) is -0.475. The molecule has 0 spiro atoms. The van der Waals surface area contributed by atoms with Crippen LogP contribution in [0.5, 0.6) is 0 Å². The first-order chi connectivity index (χ1) is 14.1. The van der Waals surface area contributed by atoms with Crippen LogP contribution in [0.3, 0.4) is 0 Å². The van der Waals surface area contributed by atoms with Gasteiger partial charge in [-0.05, 0) is 12.1 Å². The van der Waals surface area contributed by atoms with Crippen LogP contribution in [0.1, 0.15) is 34.1 Å². The minimum absolute atomic E-state index is 0.0599. The van der Waals surface area contributed by atoms with E-state index in [2.05, 4.69) is 0 Å². The Morgan fingerprint density at radius 3 is 2.07 bits per heavy atom. The average molecular weight is 440 g/mol. The molecule has 30 heavy (non-hydrogen) atoms. The second-order valence-electron chi connectivity index (χ2n) is 6.59. The number of hydrogen-bond donors (Lipinski definition) is 0. The summed E-state index contributed by atoms with van der Waals surface area (Å²) in [6, 6.07) is 9.28. The Balaban J connectivity index is 2.42. The molecule has 0 N–H and O–H groups in total. The summed E-state index contributed by atoms with van der Waals surface area (Å²) in [7, 11) is 0. The van der Waals surface area contributed by atoms with Gasteiger partial charge in [0.15, 0.2) is 0 Å². The second-order valence-corrected chi connectivity index (χ2v) is 7.90. The van der Waals surface area contributed by atoms with Crippen molar-refractivity contribution in [3.05, 3.63) is 30.3 Å². The molecule has 1 fully saturated rings. The molecule has 9 nitrogen and oxygen atoms in total. The third-order valence-electron chi connectivity index (χ3n) is 3.95. The molecular weight excluding hydrogens is 416 g/mol. The van der Waals surface area contributed by atoms with Gasteiger partial charge in [0.2, 0.25) is 0 Å². The maximum Gasteiger partial charge on any atom is 0.320 e. The van der Waals surface area contributed by atoms with Gasteiger partial charge in [-0.2, -0.15) is 0 Å². The minimum Gasteiger partial charge on any atom is -0.463 e. The van der Waals surface area contributed by atoms with Crippen molar-refractivity contribution >= 4 is 35.6 Å². The monoisotopic (exact) mass is 440 g/mol. The molecule has 0 aliphatic carbocycles. The minimum atomic E-state index is -1.98. The van der Waals surface area contributed by atoms with Gasteiger partial charge in [0.1, 0.15) is 12.7 Å². The topological polar surface area (TPSA) is 114 Å². The SMILES string of the molecule is CC(=O)OCC1OC(OC(C)=O)C(OC(C)=O)(OC(C)=O)CC1Sc1ccccc1. The van der Waals surface area contributed by atoms with Gasteiger partial charge >= 0.3 is 29.7 Å². The van der Waals surface area contributed by atoms with Gasteiger partial charge in [0.25, 0.3) is 6.29 Å². The molecule has 1 aromatic carbocycles. The maximum absolute atomic E-state index is 11.8. The number of thioether (sulfide) groups is 1. The first-order valence-electron chi connectivity index (χ1n) is 9.18. The van der Waals surface area contributed by atoms with Crippen LogP contribution in [0.2, 0.25) is 0 Å². The fourth-order valence-electron chi connectivity index (χ4n) is 2.95. The summed E-state index contributed by atoms with van der Waals surface area (Å²) >= 11 is 1.36. The van der Waals surface area contributed by atoms with E-state index in [9.17, 15) is 19.2 Å². The number of benzene rings is 1. The van der Waals surface area contributed by atoms with E-state index in [0.717, 1.165) is 25.7 Å². The van der Waals surface area contributed by atoms with Crippen molar-refractivity contribution in [3.63, 3.8) is 0 Å². The molecule has 0 bridgehead atoms. The molecule has 3 atom stereocenters. The van der Waals surface area contributed by atoms with E-state index < -0.39 is 47.3 Å². The molecule has 0 amide bonds. The van der Waals surface area contributed by atoms with Crippen molar-refractivity contribution in [2.75, 3.05) is 6.61 Å². The zero-order chi connectivity index (χ0) is 22.3. The van der Waals surface area contributed by atoms with Gasteiger partial charge in [-0.1, -0.05) is 18.2 Å². The normalized spacial score (nSPS) is 22.5. The Labute approximate surface area is 178 Å². The Morgan fingerprint density at radius 1 is 0.967 bits per heavy atom. The number of carbonyl (C=O) groups excluding carboxylic acids is 4.